The second-order valence-electron chi connectivity index (χ2n) is 4.16. The van der Waals surface area contributed by atoms with Crippen LogP contribution in [0.15, 0.2) is 18.2 Å². The number of hydrogen-bond donors (Lipinski definition) is 2. The van der Waals surface area contributed by atoms with Crippen molar-refractivity contribution in [3.8, 4) is 5.75 Å². The molecule has 2 aromatic rings. The van der Waals surface area contributed by atoms with E-state index in [-0.39, 0.29) is 5.91 Å². The highest BCUT2D eigenvalue weighted by Crippen LogP contribution is 2.26. The molecule has 6 nitrogen and oxygen atoms in total. The van der Waals surface area contributed by atoms with E-state index >= 15 is 0 Å². The highest BCUT2D eigenvalue weighted by atomic mass is 16.5. The summed E-state index contributed by atoms with van der Waals surface area (Å²) in [6.45, 7) is 5.09. The number of ether oxygens (including phenoxy) is 1. The maximum absolute atomic E-state index is 10.9. The first-order chi connectivity index (χ1) is 9.13. The molecule has 1 aromatic carbocycles. The van der Waals surface area contributed by atoms with Crippen molar-refractivity contribution in [1.82, 2.24) is 14.9 Å². The highest BCUT2D eigenvalue weighted by Gasteiger charge is 2.11. The topological polar surface area (TPSA) is 82.2 Å². The smallest absolute Gasteiger partial charge is 0.216 e. The zero-order valence-electron chi connectivity index (χ0n) is 11.1. The lowest BCUT2D eigenvalue weighted by atomic mass is 10.3. The van der Waals surface area contributed by atoms with Gasteiger partial charge in [-0.3, -0.25) is 4.79 Å². The van der Waals surface area contributed by atoms with Crippen LogP contribution in [0.4, 0.5) is 5.95 Å². The number of rotatable bonds is 5. The van der Waals surface area contributed by atoms with Gasteiger partial charge in [-0.25, -0.2) is 4.98 Å². The first-order valence-electron chi connectivity index (χ1n) is 6.25. The monoisotopic (exact) mass is 262 g/mol. The number of nitrogens with one attached hydrogen (secondary N) is 1. The van der Waals surface area contributed by atoms with E-state index in [0.717, 1.165) is 16.8 Å². The lowest BCUT2D eigenvalue weighted by Crippen LogP contribution is -2.24. The first-order valence-corrected chi connectivity index (χ1v) is 6.25. The molecule has 0 unspecified atom stereocenters. The van der Waals surface area contributed by atoms with Crippen LogP contribution in [0.2, 0.25) is 0 Å². The second-order valence-corrected chi connectivity index (χ2v) is 4.16. The van der Waals surface area contributed by atoms with Crippen molar-refractivity contribution in [2.45, 2.75) is 20.4 Å². The van der Waals surface area contributed by atoms with E-state index in [1.807, 2.05) is 29.7 Å². The lowest BCUT2D eigenvalue weighted by molar-refractivity contribution is -0.118. The van der Waals surface area contributed by atoms with E-state index in [1.54, 1.807) is 0 Å². The number of carbonyl (C=O) groups is 1. The average molecular weight is 262 g/mol. The Balaban J connectivity index is 2.31. The predicted octanol–water partition coefficient (Wildman–Crippen LogP) is 1.15. The van der Waals surface area contributed by atoms with Crippen LogP contribution in [-0.4, -0.2) is 28.6 Å². The van der Waals surface area contributed by atoms with Crippen molar-refractivity contribution in [2.75, 3.05) is 18.9 Å². The molecule has 0 fully saturated rings. The van der Waals surface area contributed by atoms with E-state index in [4.69, 9.17) is 10.5 Å². The molecular formula is C13H18N4O2. The summed E-state index contributed by atoms with van der Waals surface area (Å²) < 4.78 is 7.40. The Hall–Kier alpha value is -2.24. The normalized spacial score (nSPS) is 10.6. The van der Waals surface area contributed by atoms with E-state index in [0.29, 0.717) is 25.6 Å². The third-order valence-electron chi connectivity index (χ3n) is 2.78. The van der Waals surface area contributed by atoms with Gasteiger partial charge >= 0.3 is 0 Å². The zero-order valence-corrected chi connectivity index (χ0v) is 11.1. The maximum Gasteiger partial charge on any atom is 0.216 e. The van der Waals surface area contributed by atoms with Gasteiger partial charge in [0.05, 0.1) is 12.1 Å². The Labute approximate surface area is 111 Å². The largest absolute Gasteiger partial charge is 0.492 e. The van der Waals surface area contributed by atoms with Crippen molar-refractivity contribution in [3.63, 3.8) is 0 Å². The van der Waals surface area contributed by atoms with Crippen LogP contribution in [0.25, 0.3) is 11.0 Å². The number of aromatic nitrogens is 2. The third-order valence-corrected chi connectivity index (χ3v) is 2.78. The number of nitrogens with zero attached hydrogens (tertiary/aromatic N) is 2. The van der Waals surface area contributed by atoms with Crippen molar-refractivity contribution in [1.29, 1.82) is 0 Å². The molecule has 1 heterocycles. The molecule has 0 atom stereocenters. The number of hydrogen-bond acceptors (Lipinski definition) is 4. The second kappa shape index (κ2) is 5.60. The van der Waals surface area contributed by atoms with Gasteiger partial charge in [-0.05, 0) is 19.1 Å². The SMILES string of the molecule is CCOc1cccc2c1nc(N)n2CCNC(C)=O. The van der Waals surface area contributed by atoms with Gasteiger partial charge in [0.15, 0.2) is 0 Å². The number of benzene rings is 1. The number of fused-ring (bicyclic) bond motifs is 1. The van der Waals surface area contributed by atoms with Crippen LogP contribution in [0.1, 0.15) is 13.8 Å². The molecule has 3 N–H and O–H groups in total. The molecule has 102 valence electrons. The van der Waals surface area contributed by atoms with Crippen LogP contribution < -0.4 is 15.8 Å². The van der Waals surface area contributed by atoms with Crippen molar-refractivity contribution in [2.24, 2.45) is 0 Å². The van der Waals surface area contributed by atoms with Crippen molar-refractivity contribution < 1.29 is 9.53 Å². The first kappa shape index (κ1) is 13.2. The lowest BCUT2D eigenvalue weighted by Gasteiger charge is -2.07. The summed E-state index contributed by atoms with van der Waals surface area (Å²) in [6.07, 6.45) is 0. The Kier molecular flexibility index (Phi) is 3.89. The number of nitrogen functional groups attached to an aromatic ring is 1. The summed E-state index contributed by atoms with van der Waals surface area (Å²) >= 11 is 0. The predicted molar refractivity (Wildman–Crippen MR) is 74.0 cm³/mol. The number of imidazole rings is 1. The molecule has 19 heavy (non-hydrogen) atoms. The summed E-state index contributed by atoms with van der Waals surface area (Å²) in [4.78, 5) is 15.2. The molecule has 1 amide bonds. The molecule has 0 saturated heterocycles. The standard InChI is InChI=1S/C13H18N4O2/c1-3-19-11-6-4-5-10-12(11)16-13(14)17(10)8-7-15-9(2)18/h4-6H,3,7-8H2,1-2H3,(H2,14,16)(H,15,18). The summed E-state index contributed by atoms with van der Waals surface area (Å²) in [5.74, 6) is 1.09. The van der Waals surface area contributed by atoms with E-state index in [9.17, 15) is 4.79 Å². The summed E-state index contributed by atoms with van der Waals surface area (Å²) in [5, 5.41) is 2.74. The maximum atomic E-state index is 10.9. The number of carbonyl (C=O) groups excluding carboxylic acids is 1. The van der Waals surface area contributed by atoms with Crippen molar-refractivity contribution >= 4 is 22.9 Å². The van der Waals surface area contributed by atoms with Crippen LogP contribution in [-0.2, 0) is 11.3 Å². The van der Waals surface area contributed by atoms with Crippen LogP contribution >= 0.6 is 0 Å². The van der Waals surface area contributed by atoms with Crippen LogP contribution in [0.3, 0.4) is 0 Å². The molecular weight excluding hydrogens is 244 g/mol. The molecule has 0 bridgehead atoms. The summed E-state index contributed by atoms with van der Waals surface area (Å²) in [7, 11) is 0. The van der Waals surface area contributed by atoms with Gasteiger partial charge in [0.2, 0.25) is 11.9 Å². The fourth-order valence-electron chi connectivity index (χ4n) is 1.99. The molecule has 2 rings (SSSR count). The third kappa shape index (κ3) is 2.78. The van der Waals surface area contributed by atoms with Gasteiger partial charge in [0.25, 0.3) is 0 Å². The fraction of sp³-hybridized carbons (Fsp3) is 0.385. The molecule has 0 aliphatic carbocycles. The molecule has 0 aliphatic heterocycles. The summed E-state index contributed by atoms with van der Waals surface area (Å²) in [5.41, 5.74) is 7.58. The molecule has 1 aromatic heterocycles. The number of anilines is 1. The van der Waals surface area contributed by atoms with Gasteiger partial charge in [-0.1, -0.05) is 6.07 Å². The van der Waals surface area contributed by atoms with E-state index in [1.165, 1.54) is 6.92 Å². The van der Waals surface area contributed by atoms with E-state index in [2.05, 4.69) is 10.3 Å². The zero-order chi connectivity index (χ0) is 13.8. The molecule has 0 saturated carbocycles. The Morgan fingerprint density at radius 1 is 1.53 bits per heavy atom. The minimum Gasteiger partial charge on any atom is -0.492 e. The van der Waals surface area contributed by atoms with Crippen LogP contribution in [0.5, 0.6) is 5.75 Å². The van der Waals surface area contributed by atoms with Crippen LogP contribution in [0, 0.1) is 0 Å². The van der Waals surface area contributed by atoms with Crippen molar-refractivity contribution in [3.05, 3.63) is 18.2 Å². The highest BCUT2D eigenvalue weighted by molar-refractivity contribution is 5.84. The van der Waals surface area contributed by atoms with Gasteiger partial charge in [0.1, 0.15) is 11.3 Å². The van der Waals surface area contributed by atoms with E-state index < -0.39 is 0 Å². The fourth-order valence-corrected chi connectivity index (χ4v) is 1.99. The number of amides is 1. The molecule has 0 radical (unpaired) electrons. The number of nitrogens with two attached hydrogens (primary N) is 1. The quantitative estimate of drug-likeness (QED) is 0.847. The van der Waals surface area contributed by atoms with Gasteiger partial charge < -0.3 is 20.4 Å². The average Bonchev–Trinajstić information content (AvgIpc) is 2.67. The molecule has 0 aliphatic rings. The summed E-state index contributed by atoms with van der Waals surface area (Å²) in [6, 6.07) is 5.72. The molecule has 0 spiro atoms. The number of para-hydroxylation sites is 1. The molecule has 6 heteroatoms. The Morgan fingerprint density at radius 3 is 3.00 bits per heavy atom. The van der Waals surface area contributed by atoms with Gasteiger partial charge in [-0.15, -0.1) is 0 Å². The van der Waals surface area contributed by atoms with Gasteiger partial charge in [-0.2, -0.15) is 0 Å². The minimum atomic E-state index is -0.0574. The Morgan fingerprint density at radius 2 is 2.32 bits per heavy atom. The minimum absolute atomic E-state index is 0.0574. The Bertz CT molecular complexity index is 592. The van der Waals surface area contributed by atoms with Gasteiger partial charge in [0, 0.05) is 20.0 Å².